The molecular weight excluding hydrogens is 396 g/mol. The van der Waals surface area contributed by atoms with Gasteiger partial charge in [0.2, 0.25) is 11.8 Å². The molecule has 1 aliphatic heterocycles. The highest BCUT2D eigenvalue weighted by molar-refractivity contribution is 5.85. The van der Waals surface area contributed by atoms with Crippen molar-refractivity contribution in [2.45, 2.75) is 39.3 Å². The van der Waals surface area contributed by atoms with Crippen LogP contribution in [0.4, 0.5) is 0 Å². The van der Waals surface area contributed by atoms with Crippen LogP contribution in [0.1, 0.15) is 50.1 Å². The Kier molecular flexibility index (Phi) is 8.18. The summed E-state index contributed by atoms with van der Waals surface area (Å²) in [5.41, 5.74) is 1.08. The van der Waals surface area contributed by atoms with E-state index in [-0.39, 0.29) is 42.8 Å². The van der Waals surface area contributed by atoms with E-state index in [4.69, 9.17) is 9.26 Å². The maximum Gasteiger partial charge on any atom is 0.246 e. The van der Waals surface area contributed by atoms with Crippen molar-refractivity contribution in [3.05, 3.63) is 29.7 Å². The van der Waals surface area contributed by atoms with Gasteiger partial charge < -0.3 is 19.5 Å². The number of nitrogens with zero attached hydrogens (tertiary/aromatic N) is 5. The Labute approximate surface area is 177 Å². The molecule has 162 valence electrons. The SMILES string of the molecule is CC(C)COC(C)c1noc(CN(C)C(=O)[C@H]2CNC[C@@H]2c2cnn(C)c2)n1.Cl. The Balaban J connectivity index is 0.00000300. The molecular formula is C19H31ClN6O3. The number of ether oxygens (including phenoxy) is 1. The molecule has 10 heteroatoms. The van der Waals surface area contributed by atoms with Gasteiger partial charge in [0, 0.05) is 45.9 Å². The highest BCUT2D eigenvalue weighted by atomic mass is 35.5. The first-order chi connectivity index (χ1) is 13.3. The van der Waals surface area contributed by atoms with Gasteiger partial charge in [-0.05, 0) is 18.4 Å². The van der Waals surface area contributed by atoms with Gasteiger partial charge in [0.15, 0.2) is 5.82 Å². The number of hydrogen-bond donors (Lipinski definition) is 1. The summed E-state index contributed by atoms with van der Waals surface area (Å²) in [5, 5.41) is 11.5. The molecule has 0 saturated carbocycles. The number of carbonyl (C=O) groups excluding carboxylic acids is 1. The smallest absolute Gasteiger partial charge is 0.246 e. The molecule has 0 radical (unpaired) electrons. The molecule has 1 N–H and O–H groups in total. The van der Waals surface area contributed by atoms with Crippen molar-refractivity contribution in [2.24, 2.45) is 18.9 Å². The van der Waals surface area contributed by atoms with Gasteiger partial charge in [0.05, 0.1) is 18.7 Å². The summed E-state index contributed by atoms with van der Waals surface area (Å²) < 4.78 is 12.8. The maximum atomic E-state index is 13.0. The molecule has 29 heavy (non-hydrogen) atoms. The fourth-order valence-corrected chi connectivity index (χ4v) is 3.39. The van der Waals surface area contributed by atoms with Crippen molar-refractivity contribution < 1.29 is 14.1 Å². The lowest BCUT2D eigenvalue weighted by molar-refractivity contribution is -0.134. The van der Waals surface area contributed by atoms with Crippen LogP contribution in [0.15, 0.2) is 16.9 Å². The molecule has 1 amide bonds. The van der Waals surface area contributed by atoms with Crippen LogP contribution in [0.25, 0.3) is 0 Å². The van der Waals surface area contributed by atoms with Crippen LogP contribution in [0, 0.1) is 11.8 Å². The molecule has 3 rings (SSSR count). The second-order valence-corrected chi connectivity index (χ2v) is 7.93. The zero-order valence-electron chi connectivity index (χ0n) is 17.7. The van der Waals surface area contributed by atoms with Gasteiger partial charge in [-0.3, -0.25) is 9.48 Å². The topological polar surface area (TPSA) is 98.3 Å². The van der Waals surface area contributed by atoms with Crippen LogP contribution in [0.2, 0.25) is 0 Å². The first-order valence-corrected chi connectivity index (χ1v) is 9.73. The molecule has 0 spiro atoms. The lowest BCUT2D eigenvalue weighted by Gasteiger charge is -2.22. The molecule has 1 fully saturated rings. The van der Waals surface area contributed by atoms with E-state index in [0.29, 0.717) is 30.8 Å². The minimum absolute atomic E-state index is 0. The Morgan fingerprint density at radius 2 is 2.17 bits per heavy atom. The lowest BCUT2D eigenvalue weighted by atomic mass is 9.90. The largest absolute Gasteiger partial charge is 0.370 e. The predicted molar refractivity (Wildman–Crippen MR) is 110 cm³/mol. The Morgan fingerprint density at radius 1 is 1.41 bits per heavy atom. The first kappa shape index (κ1) is 23.3. The molecule has 1 saturated heterocycles. The van der Waals surface area contributed by atoms with Gasteiger partial charge >= 0.3 is 0 Å². The van der Waals surface area contributed by atoms with Crippen LogP contribution in [0.3, 0.4) is 0 Å². The number of hydrogen-bond acceptors (Lipinski definition) is 7. The van der Waals surface area contributed by atoms with E-state index in [9.17, 15) is 4.79 Å². The highest BCUT2D eigenvalue weighted by Crippen LogP contribution is 2.29. The summed E-state index contributed by atoms with van der Waals surface area (Å²) in [6, 6.07) is 0. The third kappa shape index (κ3) is 5.77. The van der Waals surface area contributed by atoms with Gasteiger partial charge in [-0.25, -0.2) is 0 Å². The van der Waals surface area contributed by atoms with E-state index >= 15 is 0 Å². The third-order valence-electron chi connectivity index (χ3n) is 4.96. The highest BCUT2D eigenvalue weighted by Gasteiger charge is 2.36. The second-order valence-electron chi connectivity index (χ2n) is 7.93. The van der Waals surface area contributed by atoms with Crippen molar-refractivity contribution in [1.29, 1.82) is 0 Å². The number of nitrogens with one attached hydrogen (secondary N) is 1. The van der Waals surface area contributed by atoms with Gasteiger partial charge in [-0.2, -0.15) is 10.1 Å². The minimum Gasteiger partial charge on any atom is -0.370 e. The van der Waals surface area contributed by atoms with Crippen LogP contribution >= 0.6 is 12.4 Å². The molecule has 1 aliphatic rings. The monoisotopic (exact) mass is 426 g/mol. The van der Waals surface area contributed by atoms with Gasteiger partial charge in [-0.15, -0.1) is 12.4 Å². The van der Waals surface area contributed by atoms with E-state index in [1.807, 2.05) is 26.4 Å². The van der Waals surface area contributed by atoms with Crippen molar-refractivity contribution in [2.75, 3.05) is 26.7 Å². The fourth-order valence-electron chi connectivity index (χ4n) is 3.39. The van der Waals surface area contributed by atoms with E-state index in [0.717, 1.165) is 12.1 Å². The fraction of sp³-hybridized carbons (Fsp3) is 0.684. The van der Waals surface area contributed by atoms with Gasteiger partial charge in [-0.1, -0.05) is 19.0 Å². The first-order valence-electron chi connectivity index (χ1n) is 9.73. The standard InChI is InChI=1S/C19H30N6O3.ClH/c1-12(2)11-27-13(3)18-22-17(28-23-18)10-24(4)19(26)16-8-20-7-15(16)14-6-21-25(5)9-14;/h6,9,12-13,15-16,20H,7-8,10-11H2,1-5H3;1H/t13?,15-,16+;/m1./s1. The third-order valence-corrected chi connectivity index (χ3v) is 4.96. The number of carbonyl (C=O) groups is 1. The lowest BCUT2D eigenvalue weighted by Crippen LogP contribution is -2.35. The molecule has 0 aromatic carbocycles. The zero-order valence-corrected chi connectivity index (χ0v) is 18.5. The van der Waals surface area contributed by atoms with Crippen molar-refractivity contribution >= 4 is 18.3 Å². The molecule has 2 aromatic rings. The van der Waals surface area contributed by atoms with Crippen molar-refractivity contribution in [3.8, 4) is 0 Å². The van der Waals surface area contributed by atoms with Crippen LogP contribution < -0.4 is 5.32 Å². The number of halogens is 1. The van der Waals surface area contributed by atoms with Crippen LogP contribution in [-0.2, 0) is 23.1 Å². The van der Waals surface area contributed by atoms with E-state index in [1.165, 1.54) is 0 Å². The Hall–Kier alpha value is -1.97. The average Bonchev–Trinajstić information content (AvgIpc) is 3.38. The summed E-state index contributed by atoms with van der Waals surface area (Å²) in [6.07, 6.45) is 3.57. The number of aryl methyl sites for hydroxylation is 1. The molecule has 9 nitrogen and oxygen atoms in total. The Bertz CT molecular complexity index is 793. The summed E-state index contributed by atoms with van der Waals surface area (Å²) in [6.45, 7) is 8.40. The zero-order chi connectivity index (χ0) is 20.3. The minimum atomic E-state index is -0.241. The number of rotatable bonds is 8. The summed E-state index contributed by atoms with van der Waals surface area (Å²) >= 11 is 0. The van der Waals surface area contributed by atoms with Crippen molar-refractivity contribution in [3.63, 3.8) is 0 Å². The van der Waals surface area contributed by atoms with Crippen molar-refractivity contribution in [1.82, 2.24) is 30.1 Å². The van der Waals surface area contributed by atoms with E-state index < -0.39 is 0 Å². The molecule has 2 aromatic heterocycles. The molecule has 1 unspecified atom stereocenters. The molecule has 3 atom stereocenters. The quantitative estimate of drug-likeness (QED) is 0.688. The summed E-state index contributed by atoms with van der Waals surface area (Å²) in [7, 11) is 3.65. The Morgan fingerprint density at radius 3 is 2.83 bits per heavy atom. The number of aromatic nitrogens is 4. The van der Waals surface area contributed by atoms with Crippen LogP contribution in [0.5, 0.6) is 0 Å². The van der Waals surface area contributed by atoms with Crippen LogP contribution in [-0.4, -0.2) is 57.5 Å². The van der Waals surface area contributed by atoms with Gasteiger partial charge in [0.25, 0.3) is 0 Å². The maximum absolute atomic E-state index is 13.0. The van der Waals surface area contributed by atoms with Gasteiger partial charge in [0.1, 0.15) is 6.10 Å². The molecule has 0 aliphatic carbocycles. The molecule has 3 heterocycles. The van der Waals surface area contributed by atoms with E-state index in [2.05, 4.69) is 34.4 Å². The predicted octanol–water partition coefficient (Wildman–Crippen LogP) is 1.92. The normalized spacial score (nSPS) is 19.9. The summed E-state index contributed by atoms with van der Waals surface area (Å²) in [4.78, 5) is 19.0. The van der Waals surface area contributed by atoms with E-state index in [1.54, 1.807) is 16.6 Å². The molecule has 0 bridgehead atoms. The summed E-state index contributed by atoms with van der Waals surface area (Å²) in [5.74, 6) is 1.39. The second kappa shape index (κ2) is 10.2. The number of amides is 1. The average molecular weight is 427 g/mol.